The Kier molecular flexibility index (Phi) is 7.57. The van der Waals surface area contributed by atoms with Crippen LogP contribution in [0.5, 0.6) is 5.75 Å². The van der Waals surface area contributed by atoms with Gasteiger partial charge in [-0.3, -0.25) is 14.4 Å². The molecule has 4 heterocycles. The second-order valence-electron chi connectivity index (χ2n) is 11.0. The molecule has 9 heteroatoms. The largest absolute Gasteiger partial charge is 0.497 e. The number of carbonyl (C=O) groups excluding carboxylic acids is 3. The first-order chi connectivity index (χ1) is 18.8. The number of nitrogens with zero attached hydrogens (tertiary/aromatic N) is 3. The number of benzene rings is 1. The zero-order valence-corrected chi connectivity index (χ0v) is 23.2. The molecule has 1 spiro atoms. The van der Waals surface area contributed by atoms with Crippen LogP contribution in [0.25, 0.3) is 0 Å². The normalized spacial score (nSPS) is 31.5. The molecule has 1 aromatic carbocycles. The lowest BCUT2D eigenvalue weighted by Crippen LogP contribution is -2.59. The molecule has 9 nitrogen and oxygen atoms in total. The van der Waals surface area contributed by atoms with Gasteiger partial charge in [0, 0.05) is 25.3 Å². The van der Waals surface area contributed by atoms with Gasteiger partial charge in [-0.05, 0) is 36.6 Å². The number of amides is 3. The third kappa shape index (κ3) is 4.26. The van der Waals surface area contributed by atoms with E-state index in [1.807, 2.05) is 57.2 Å². The number of aliphatic hydroxyl groups is 1. The molecule has 0 aliphatic carbocycles. The van der Waals surface area contributed by atoms with Crippen LogP contribution in [0.4, 0.5) is 5.69 Å². The van der Waals surface area contributed by atoms with Crippen molar-refractivity contribution in [2.75, 3.05) is 38.3 Å². The molecule has 0 aromatic heterocycles. The molecule has 1 aromatic rings. The van der Waals surface area contributed by atoms with Crippen molar-refractivity contribution in [3.8, 4) is 5.75 Å². The summed E-state index contributed by atoms with van der Waals surface area (Å²) < 4.78 is 12.0. The summed E-state index contributed by atoms with van der Waals surface area (Å²) in [7, 11) is 1.58. The van der Waals surface area contributed by atoms with Crippen LogP contribution >= 0.6 is 0 Å². The smallest absolute Gasteiger partial charge is 0.253 e. The number of hydrogen-bond acceptors (Lipinski definition) is 6. The summed E-state index contributed by atoms with van der Waals surface area (Å²) in [6.45, 7) is 7.04. The van der Waals surface area contributed by atoms with Crippen molar-refractivity contribution in [2.24, 2.45) is 17.8 Å². The number of ether oxygens (including phenoxy) is 2. The van der Waals surface area contributed by atoms with Crippen LogP contribution in [0.2, 0.25) is 0 Å². The Balaban J connectivity index is 1.63. The average Bonchev–Trinajstić information content (AvgIpc) is 3.26. The summed E-state index contributed by atoms with van der Waals surface area (Å²) in [5, 5.41) is 10.5. The fourth-order valence-corrected chi connectivity index (χ4v) is 6.77. The van der Waals surface area contributed by atoms with Gasteiger partial charge < -0.3 is 29.3 Å². The Morgan fingerprint density at radius 1 is 1.08 bits per heavy atom. The zero-order valence-electron chi connectivity index (χ0n) is 23.2. The van der Waals surface area contributed by atoms with Gasteiger partial charge in [-0.2, -0.15) is 0 Å². The third-order valence-electron chi connectivity index (χ3n) is 8.90. The summed E-state index contributed by atoms with van der Waals surface area (Å²) in [6, 6.07) is 5.60. The Hall–Kier alpha value is -3.17. The number of methoxy groups -OCH3 is 1. The molecule has 4 aliphatic heterocycles. The molecular weight excluding hydrogens is 498 g/mol. The maximum Gasteiger partial charge on any atom is 0.253 e. The molecule has 5 rings (SSSR count). The minimum Gasteiger partial charge on any atom is -0.497 e. The van der Waals surface area contributed by atoms with Crippen molar-refractivity contribution in [2.45, 2.75) is 57.4 Å². The molecule has 1 unspecified atom stereocenters. The molecule has 0 saturated carbocycles. The van der Waals surface area contributed by atoms with Gasteiger partial charge in [0.2, 0.25) is 11.8 Å². The summed E-state index contributed by atoms with van der Waals surface area (Å²) in [6.07, 6.45) is 8.41. The first-order valence-corrected chi connectivity index (χ1v) is 14.0. The molecule has 210 valence electrons. The molecule has 4 aliphatic rings. The maximum absolute atomic E-state index is 14.5. The standard InChI is InChI=1S/C30H39N3O6/c1-5-15-31-16-7-9-23-24(27(31)35)25-28(36)33(22(18-34)19(3)6-2)26-29(37)32(17-8-14-30(25,26)39-23)20-10-12-21(38-4)13-11-20/h7-14,19,22-26,34H,5-6,15-18H2,1-4H3/t19-,22-,23-,24+,25-,26?,30-/m0/s1. The summed E-state index contributed by atoms with van der Waals surface area (Å²) in [5.74, 6) is -1.72. The lowest BCUT2D eigenvalue weighted by atomic mass is 9.77. The van der Waals surface area contributed by atoms with Crippen LogP contribution in [0.1, 0.15) is 33.6 Å². The van der Waals surface area contributed by atoms with Crippen LogP contribution in [0, 0.1) is 17.8 Å². The van der Waals surface area contributed by atoms with E-state index >= 15 is 0 Å². The predicted molar refractivity (Wildman–Crippen MR) is 146 cm³/mol. The molecule has 2 saturated heterocycles. The highest BCUT2D eigenvalue weighted by molar-refractivity contribution is 6.06. The summed E-state index contributed by atoms with van der Waals surface area (Å²) >= 11 is 0. The van der Waals surface area contributed by atoms with Gasteiger partial charge in [-0.1, -0.05) is 51.5 Å². The van der Waals surface area contributed by atoms with Crippen molar-refractivity contribution in [1.29, 1.82) is 0 Å². The van der Waals surface area contributed by atoms with E-state index in [9.17, 15) is 19.5 Å². The van der Waals surface area contributed by atoms with Gasteiger partial charge in [0.25, 0.3) is 5.91 Å². The number of anilines is 1. The van der Waals surface area contributed by atoms with Crippen LogP contribution in [-0.4, -0.2) is 89.8 Å². The van der Waals surface area contributed by atoms with Gasteiger partial charge >= 0.3 is 0 Å². The number of likely N-dealkylation sites (tertiary alicyclic amines) is 1. The molecule has 0 bridgehead atoms. The van der Waals surface area contributed by atoms with E-state index in [0.29, 0.717) is 30.9 Å². The monoisotopic (exact) mass is 537 g/mol. The number of rotatable bonds is 8. The fraction of sp³-hybridized carbons (Fsp3) is 0.567. The molecule has 3 amide bonds. The predicted octanol–water partition coefficient (Wildman–Crippen LogP) is 2.39. The lowest BCUT2D eigenvalue weighted by Gasteiger charge is -2.40. The summed E-state index contributed by atoms with van der Waals surface area (Å²) in [4.78, 5) is 47.8. The number of carbonyl (C=O) groups is 3. The van der Waals surface area contributed by atoms with Crippen molar-refractivity contribution in [1.82, 2.24) is 9.80 Å². The number of hydrogen-bond donors (Lipinski definition) is 1. The van der Waals surface area contributed by atoms with Crippen LogP contribution < -0.4 is 9.64 Å². The fourth-order valence-electron chi connectivity index (χ4n) is 6.77. The quantitative estimate of drug-likeness (QED) is 0.512. The Morgan fingerprint density at radius 3 is 2.46 bits per heavy atom. The third-order valence-corrected chi connectivity index (χ3v) is 8.90. The Labute approximate surface area is 230 Å². The Morgan fingerprint density at radius 2 is 1.82 bits per heavy atom. The molecule has 2 fully saturated rings. The van der Waals surface area contributed by atoms with Crippen molar-refractivity contribution >= 4 is 23.4 Å². The van der Waals surface area contributed by atoms with Crippen molar-refractivity contribution in [3.05, 3.63) is 48.6 Å². The van der Waals surface area contributed by atoms with Crippen molar-refractivity contribution in [3.63, 3.8) is 0 Å². The van der Waals surface area contributed by atoms with Crippen LogP contribution in [0.3, 0.4) is 0 Å². The van der Waals surface area contributed by atoms with E-state index in [1.54, 1.807) is 33.9 Å². The van der Waals surface area contributed by atoms with E-state index in [0.717, 1.165) is 6.42 Å². The van der Waals surface area contributed by atoms with Gasteiger partial charge in [-0.15, -0.1) is 0 Å². The minimum absolute atomic E-state index is 0.0681. The molecular formula is C30H39N3O6. The highest BCUT2D eigenvalue weighted by Crippen LogP contribution is 2.54. The van der Waals surface area contributed by atoms with E-state index in [2.05, 4.69) is 0 Å². The van der Waals surface area contributed by atoms with Crippen LogP contribution in [-0.2, 0) is 19.1 Å². The number of fused-ring (bicyclic) bond motifs is 2. The SMILES string of the molecule is CCCN1CC=C[C@@H]2O[C@]34C=CCN(c5ccc(OC)cc5)C(=O)C3N([C@@H](CO)[C@@H](C)CC)C(=O)[C@@H]4[C@@H]2C1=O. The van der Waals surface area contributed by atoms with Gasteiger partial charge in [0.15, 0.2) is 0 Å². The van der Waals surface area contributed by atoms with Crippen LogP contribution in [0.15, 0.2) is 48.6 Å². The summed E-state index contributed by atoms with van der Waals surface area (Å²) in [5.41, 5.74) is -0.652. The zero-order chi connectivity index (χ0) is 27.9. The minimum atomic E-state index is -1.32. The second kappa shape index (κ2) is 10.8. The van der Waals surface area contributed by atoms with E-state index in [1.165, 1.54) is 0 Å². The van der Waals surface area contributed by atoms with E-state index in [4.69, 9.17) is 9.47 Å². The van der Waals surface area contributed by atoms with Gasteiger partial charge in [0.05, 0.1) is 37.7 Å². The van der Waals surface area contributed by atoms with E-state index < -0.39 is 35.6 Å². The molecule has 0 radical (unpaired) electrons. The highest BCUT2D eigenvalue weighted by Gasteiger charge is 2.72. The Bertz CT molecular complexity index is 1170. The topological polar surface area (TPSA) is 99.6 Å². The number of aliphatic hydroxyl groups excluding tert-OH is 1. The second-order valence-corrected chi connectivity index (χ2v) is 11.0. The molecule has 1 N–H and O–H groups in total. The maximum atomic E-state index is 14.5. The van der Waals surface area contributed by atoms with Gasteiger partial charge in [-0.25, -0.2) is 0 Å². The average molecular weight is 538 g/mol. The van der Waals surface area contributed by atoms with Gasteiger partial charge in [0.1, 0.15) is 17.4 Å². The first-order valence-electron chi connectivity index (χ1n) is 14.0. The molecule has 39 heavy (non-hydrogen) atoms. The first kappa shape index (κ1) is 27.4. The van der Waals surface area contributed by atoms with Crippen molar-refractivity contribution < 1.29 is 29.0 Å². The molecule has 7 atom stereocenters. The van der Waals surface area contributed by atoms with E-state index in [-0.39, 0.29) is 36.8 Å². The lowest BCUT2D eigenvalue weighted by molar-refractivity contribution is -0.148. The highest BCUT2D eigenvalue weighted by atomic mass is 16.5.